The number of hydrogen-bond donors (Lipinski definition) is 1. The molecule has 0 amide bonds. The molecule has 0 spiro atoms. The second-order valence-electron chi connectivity index (χ2n) is 2.55. The van der Waals surface area contributed by atoms with Gasteiger partial charge in [0.15, 0.2) is 0 Å². The number of rotatable bonds is 1. The number of hydrogen-bond acceptors (Lipinski definition) is 3. The Morgan fingerprint density at radius 1 is 1.64 bits per heavy atom. The Balaban J connectivity index is 2.30. The summed E-state index contributed by atoms with van der Waals surface area (Å²) in [5.74, 6) is 4.03. The van der Waals surface area contributed by atoms with Gasteiger partial charge in [-0.15, -0.1) is 0 Å². The largest absolute Gasteiger partial charge is 0.335 e. The standard InChI is InChI=1S/C7H8N2S2/c10-6-1-2-8-7(9-6)5-3-11-4-5/h1-2,5H,3-4H2,(H,8,9,10). The highest BCUT2D eigenvalue weighted by Crippen LogP contribution is 2.31. The van der Waals surface area contributed by atoms with Crippen LogP contribution in [0.5, 0.6) is 0 Å². The van der Waals surface area contributed by atoms with Gasteiger partial charge in [0, 0.05) is 23.6 Å². The van der Waals surface area contributed by atoms with E-state index in [4.69, 9.17) is 12.2 Å². The Labute approximate surface area is 74.4 Å². The zero-order valence-electron chi connectivity index (χ0n) is 5.91. The maximum atomic E-state index is 4.99. The molecule has 0 atom stereocenters. The Kier molecular flexibility index (Phi) is 1.96. The van der Waals surface area contributed by atoms with E-state index >= 15 is 0 Å². The van der Waals surface area contributed by atoms with Crippen LogP contribution >= 0.6 is 24.0 Å². The van der Waals surface area contributed by atoms with Crippen LogP contribution < -0.4 is 0 Å². The van der Waals surface area contributed by atoms with Gasteiger partial charge < -0.3 is 4.98 Å². The van der Waals surface area contributed by atoms with E-state index in [1.165, 1.54) is 11.5 Å². The quantitative estimate of drug-likeness (QED) is 0.676. The topological polar surface area (TPSA) is 28.7 Å². The minimum Gasteiger partial charge on any atom is -0.335 e. The minimum atomic E-state index is 0.614. The monoisotopic (exact) mass is 184 g/mol. The van der Waals surface area contributed by atoms with Gasteiger partial charge in [-0.2, -0.15) is 11.8 Å². The van der Waals surface area contributed by atoms with E-state index in [-0.39, 0.29) is 0 Å². The summed E-state index contributed by atoms with van der Waals surface area (Å²) in [7, 11) is 0. The Morgan fingerprint density at radius 2 is 2.45 bits per heavy atom. The molecule has 4 heteroatoms. The second-order valence-corrected chi connectivity index (χ2v) is 4.07. The Bertz CT molecular complexity index is 303. The zero-order valence-corrected chi connectivity index (χ0v) is 7.54. The Hall–Kier alpha value is -0.350. The molecule has 0 saturated carbocycles. The Morgan fingerprint density at radius 3 is 3.00 bits per heavy atom. The molecule has 1 fully saturated rings. The summed E-state index contributed by atoms with van der Waals surface area (Å²) < 4.78 is 0.784. The molecule has 2 rings (SSSR count). The number of H-pyrrole nitrogens is 1. The molecule has 0 bridgehead atoms. The molecule has 58 valence electrons. The third-order valence-electron chi connectivity index (χ3n) is 1.72. The van der Waals surface area contributed by atoms with E-state index in [9.17, 15) is 0 Å². The van der Waals surface area contributed by atoms with Crippen LogP contribution in [0.25, 0.3) is 0 Å². The normalized spacial score (nSPS) is 17.8. The van der Waals surface area contributed by atoms with Crippen LogP contribution in [0.1, 0.15) is 11.7 Å². The van der Waals surface area contributed by atoms with Gasteiger partial charge in [-0.1, -0.05) is 12.2 Å². The predicted molar refractivity (Wildman–Crippen MR) is 49.5 cm³/mol. The summed E-state index contributed by atoms with van der Waals surface area (Å²) >= 11 is 6.94. The van der Waals surface area contributed by atoms with Crippen molar-refractivity contribution in [2.24, 2.45) is 0 Å². The van der Waals surface area contributed by atoms with Gasteiger partial charge in [-0.05, 0) is 6.07 Å². The van der Waals surface area contributed by atoms with Crippen molar-refractivity contribution in [2.75, 3.05) is 11.5 Å². The van der Waals surface area contributed by atoms with Crippen molar-refractivity contribution in [2.45, 2.75) is 5.92 Å². The molecular formula is C7H8N2S2. The molecule has 0 aliphatic carbocycles. The van der Waals surface area contributed by atoms with Crippen molar-refractivity contribution in [1.82, 2.24) is 9.97 Å². The summed E-state index contributed by atoms with van der Waals surface area (Å²) in [5.41, 5.74) is 0. The summed E-state index contributed by atoms with van der Waals surface area (Å²) in [4.78, 5) is 7.33. The van der Waals surface area contributed by atoms with Crippen molar-refractivity contribution in [1.29, 1.82) is 0 Å². The minimum absolute atomic E-state index is 0.614. The molecular weight excluding hydrogens is 176 g/mol. The highest BCUT2D eigenvalue weighted by atomic mass is 32.2. The van der Waals surface area contributed by atoms with Gasteiger partial charge in [-0.3, -0.25) is 0 Å². The molecule has 11 heavy (non-hydrogen) atoms. The summed E-state index contributed by atoms with van der Waals surface area (Å²) in [6.45, 7) is 0. The van der Waals surface area contributed by atoms with Crippen molar-refractivity contribution >= 4 is 24.0 Å². The van der Waals surface area contributed by atoms with E-state index in [0.717, 1.165) is 10.5 Å². The maximum absolute atomic E-state index is 4.99. The first kappa shape index (κ1) is 7.31. The molecule has 0 radical (unpaired) electrons. The summed E-state index contributed by atoms with van der Waals surface area (Å²) in [6, 6.07) is 1.81. The van der Waals surface area contributed by atoms with Gasteiger partial charge in [-0.25, -0.2) is 4.98 Å². The molecule has 2 heterocycles. The summed E-state index contributed by atoms with van der Waals surface area (Å²) in [5, 5.41) is 0. The van der Waals surface area contributed by atoms with Gasteiger partial charge in [0.25, 0.3) is 0 Å². The number of nitrogens with one attached hydrogen (secondary N) is 1. The third-order valence-corrected chi connectivity index (χ3v) is 3.23. The molecule has 1 aromatic heterocycles. The zero-order chi connectivity index (χ0) is 7.68. The lowest BCUT2D eigenvalue weighted by molar-refractivity contribution is 0.760. The van der Waals surface area contributed by atoms with Crippen LogP contribution in [0.15, 0.2) is 12.3 Å². The van der Waals surface area contributed by atoms with Crippen LogP contribution in [0, 0.1) is 4.64 Å². The molecule has 2 nitrogen and oxygen atoms in total. The van der Waals surface area contributed by atoms with Crippen molar-refractivity contribution in [3.63, 3.8) is 0 Å². The smallest absolute Gasteiger partial charge is 0.111 e. The molecule has 0 aromatic carbocycles. The van der Waals surface area contributed by atoms with E-state index in [1.807, 2.05) is 17.8 Å². The highest BCUT2D eigenvalue weighted by molar-refractivity contribution is 8.00. The molecule has 1 aromatic rings. The maximum Gasteiger partial charge on any atom is 0.111 e. The van der Waals surface area contributed by atoms with E-state index in [1.54, 1.807) is 6.20 Å². The molecule has 1 aliphatic rings. The van der Waals surface area contributed by atoms with Gasteiger partial charge in [0.2, 0.25) is 0 Å². The number of aromatic amines is 1. The van der Waals surface area contributed by atoms with E-state index < -0.39 is 0 Å². The van der Waals surface area contributed by atoms with Crippen LogP contribution in [0.4, 0.5) is 0 Å². The first-order chi connectivity index (χ1) is 5.36. The average Bonchev–Trinajstić information content (AvgIpc) is 1.83. The lowest BCUT2D eigenvalue weighted by Crippen LogP contribution is -2.18. The van der Waals surface area contributed by atoms with Crippen molar-refractivity contribution in [3.8, 4) is 0 Å². The highest BCUT2D eigenvalue weighted by Gasteiger charge is 2.21. The van der Waals surface area contributed by atoms with E-state index in [0.29, 0.717) is 5.92 Å². The lowest BCUT2D eigenvalue weighted by Gasteiger charge is -2.23. The van der Waals surface area contributed by atoms with Gasteiger partial charge in [0.05, 0.1) is 0 Å². The van der Waals surface area contributed by atoms with Gasteiger partial charge in [0.1, 0.15) is 10.5 Å². The van der Waals surface area contributed by atoms with E-state index in [2.05, 4.69) is 9.97 Å². The van der Waals surface area contributed by atoms with Crippen LogP contribution in [0.3, 0.4) is 0 Å². The number of thioether (sulfide) groups is 1. The fourth-order valence-corrected chi connectivity index (χ4v) is 1.94. The average molecular weight is 184 g/mol. The molecule has 1 saturated heterocycles. The number of nitrogens with zero attached hydrogens (tertiary/aromatic N) is 1. The first-order valence-corrected chi connectivity index (χ1v) is 5.05. The fraction of sp³-hybridized carbons (Fsp3) is 0.429. The van der Waals surface area contributed by atoms with Crippen LogP contribution in [-0.4, -0.2) is 21.5 Å². The summed E-state index contributed by atoms with van der Waals surface area (Å²) in [6.07, 6.45) is 1.77. The SMILES string of the molecule is S=c1ccnc(C2CSC2)[nH]1. The van der Waals surface area contributed by atoms with Crippen molar-refractivity contribution < 1.29 is 0 Å². The second kappa shape index (κ2) is 2.95. The van der Waals surface area contributed by atoms with Gasteiger partial charge >= 0.3 is 0 Å². The van der Waals surface area contributed by atoms with Crippen LogP contribution in [-0.2, 0) is 0 Å². The molecule has 1 aliphatic heterocycles. The predicted octanol–water partition coefficient (Wildman–Crippen LogP) is 1.97. The van der Waals surface area contributed by atoms with Crippen LogP contribution in [0.2, 0.25) is 0 Å². The molecule has 1 N–H and O–H groups in total. The van der Waals surface area contributed by atoms with Crippen molar-refractivity contribution in [3.05, 3.63) is 22.7 Å². The number of aromatic nitrogens is 2. The first-order valence-electron chi connectivity index (χ1n) is 3.49. The molecule has 0 unspecified atom stereocenters. The third kappa shape index (κ3) is 1.46. The lowest BCUT2D eigenvalue weighted by atomic mass is 10.2. The fourth-order valence-electron chi connectivity index (χ4n) is 0.986.